The topological polar surface area (TPSA) is 12.5 Å². The highest BCUT2D eigenvalue weighted by Gasteiger charge is 2.12. The normalized spacial score (nSPS) is 16.0. The molecule has 2 rings (SSSR count). The standard InChI is InChI=1S/C13H18ClNO.C2H6/c1-2-11-3-4-12(13(14)9-11)10-15-5-7-16-8-6-15;1-2/h3-4,9H,2,5-8,10H2,1H3;1-2H3. The molecule has 1 aliphatic rings. The average Bonchev–Trinajstić information content (AvgIpc) is 2.44. The largest absolute Gasteiger partial charge is 0.379 e. The zero-order chi connectivity index (χ0) is 13.4. The number of benzene rings is 1. The van der Waals surface area contributed by atoms with E-state index in [1.54, 1.807) is 0 Å². The number of ether oxygens (including phenoxy) is 1. The summed E-state index contributed by atoms with van der Waals surface area (Å²) >= 11 is 6.27. The van der Waals surface area contributed by atoms with Gasteiger partial charge in [-0.2, -0.15) is 0 Å². The highest BCUT2D eigenvalue weighted by Crippen LogP contribution is 2.20. The smallest absolute Gasteiger partial charge is 0.0594 e. The quantitative estimate of drug-likeness (QED) is 0.828. The van der Waals surface area contributed by atoms with E-state index in [-0.39, 0.29) is 0 Å². The third kappa shape index (κ3) is 4.60. The lowest BCUT2D eigenvalue weighted by molar-refractivity contribution is 0.0342. The molecule has 1 aromatic rings. The molecule has 1 saturated heterocycles. The Morgan fingerprint density at radius 1 is 1.22 bits per heavy atom. The van der Waals surface area contributed by atoms with Crippen molar-refractivity contribution in [3.05, 3.63) is 34.3 Å². The average molecular weight is 270 g/mol. The molecule has 0 saturated carbocycles. The van der Waals surface area contributed by atoms with Crippen LogP contribution in [0.15, 0.2) is 18.2 Å². The molecule has 0 amide bonds. The molecule has 1 aromatic carbocycles. The summed E-state index contributed by atoms with van der Waals surface area (Å²) in [6.07, 6.45) is 1.04. The second kappa shape index (κ2) is 8.52. The first-order valence-electron chi connectivity index (χ1n) is 6.87. The van der Waals surface area contributed by atoms with Crippen LogP contribution in [0.4, 0.5) is 0 Å². The van der Waals surface area contributed by atoms with Crippen LogP contribution in [0.3, 0.4) is 0 Å². The van der Waals surface area contributed by atoms with Gasteiger partial charge in [0.1, 0.15) is 0 Å². The summed E-state index contributed by atoms with van der Waals surface area (Å²) in [4.78, 5) is 2.39. The fraction of sp³-hybridized carbons (Fsp3) is 0.600. The van der Waals surface area contributed by atoms with Crippen molar-refractivity contribution in [3.8, 4) is 0 Å². The van der Waals surface area contributed by atoms with E-state index in [0.29, 0.717) is 0 Å². The van der Waals surface area contributed by atoms with Gasteiger partial charge in [0.25, 0.3) is 0 Å². The maximum Gasteiger partial charge on any atom is 0.0594 e. The third-order valence-corrected chi connectivity index (χ3v) is 3.38. The van der Waals surface area contributed by atoms with Crippen molar-refractivity contribution < 1.29 is 4.74 Å². The first kappa shape index (κ1) is 15.5. The van der Waals surface area contributed by atoms with E-state index in [1.807, 2.05) is 13.8 Å². The molecule has 2 nitrogen and oxygen atoms in total. The molecule has 18 heavy (non-hydrogen) atoms. The van der Waals surface area contributed by atoms with Crippen molar-refractivity contribution in [2.24, 2.45) is 0 Å². The highest BCUT2D eigenvalue weighted by molar-refractivity contribution is 6.31. The Labute approximate surface area is 116 Å². The fourth-order valence-corrected chi connectivity index (χ4v) is 2.20. The van der Waals surface area contributed by atoms with Crippen molar-refractivity contribution in [2.75, 3.05) is 26.3 Å². The number of hydrogen-bond donors (Lipinski definition) is 0. The van der Waals surface area contributed by atoms with Crippen LogP contribution < -0.4 is 0 Å². The monoisotopic (exact) mass is 269 g/mol. The number of rotatable bonds is 3. The number of halogens is 1. The highest BCUT2D eigenvalue weighted by atomic mass is 35.5. The number of morpholine rings is 1. The second-order valence-electron chi connectivity index (χ2n) is 4.17. The van der Waals surface area contributed by atoms with Gasteiger partial charge < -0.3 is 4.74 Å². The molecule has 1 fully saturated rings. The summed E-state index contributed by atoms with van der Waals surface area (Å²) < 4.78 is 5.33. The summed E-state index contributed by atoms with van der Waals surface area (Å²) in [5.41, 5.74) is 2.52. The minimum atomic E-state index is 0.838. The Morgan fingerprint density at radius 2 is 1.89 bits per heavy atom. The van der Waals surface area contributed by atoms with E-state index in [2.05, 4.69) is 30.0 Å². The molecular formula is C15H24ClNO. The third-order valence-electron chi connectivity index (χ3n) is 3.02. The fourth-order valence-electron chi connectivity index (χ4n) is 1.94. The zero-order valence-corrected chi connectivity index (χ0v) is 12.5. The van der Waals surface area contributed by atoms with Crippen molar-refractivity contribution in [1.29, 1.82) is 0 Å². The number of nitrogens with zero attached hydrogens (tertiary/aromatic N) is 1. The minimum Gasteiger partial charge on any atom is -0.379 e. The van der Waals surface area contributed by atoms with Gasteiger partial charge >= 0.3 is 0 Å². The van der Waals surface area contributed by atoms with Gasteiger partial charge in [-0.05, 0) is 23.6 Å². The number of hydrogen-bond acceptors (Lipinski definition) is 2. The van der Waals surface area contributed by atoms with Gasteiger partial charge in [0.15, 0.2) is 0 Å². The van der Waals surface area contributed by atoms with Crippen LogP contribution in [-0.4, -0.2) is 31.2 Å². The van der Waals surface area contributed by atoms with Gasteiger partial charge in [0, 0.05) is 24.7 Å². The van der Waals surface area contributed by atoms with Gasteiger partial charge in [0.2, 0.25) is 0 Å². The Balaban J connectivity index is 0.000000771. The van der Waals surface area contributed by atoms with Crippen LogP contribution in [0, 0.1) is 0 Å². The van der Waals surface area contributed by atoms with Crippen molar-refractivity contribution in [1.82, 2.24) is 4.90 Å². The van der Waals surface area contributed by atoms with Gasteiger partial charge in [-0.1, -0.05) is 44.5 Å². The second-order valence-corrected chi connectivity index (χ2v) is 4.58. The van der Waals surface area contributed by atoms with E-state index < -0.39 is 0 Å². The van der Waals surface area contributed by atoms with E-state index in [1.165, 1.54) is 11.1 Å². The molecule has 1 heterocycles. The SMILES string of the molecule is CC.CCc1ccc(CN2CCOCC2)c(Cl)c1. The summed E-state index contributed by atoms with van der Waals surface area (Å²) in [5, 5.41) is 0.894. The van der Waals surface area contributed by atoms with E-state index in [0.717, 1.165) is 44.3 Å². The maximum absolute atomic E-state index is 6.27. The van der Waals surface area contributed by atoms with Gasteiger partial charge in [-0.15, -0.1) is 0 Å². The molecule has 102 valence electrons. The summed E-state index contributed by atoms with van der Waals surface area (Å²) in [6, 6.07) is 6.40. The molecule has 0 bridgehead atoms. The lowest BCUT2D eigenvalue weighted by atomic mass is 10.1. The minimum absolute atomic E-state index is 0.838. The Hall–Kier alpha value is -0.570. The van der Waals surface area contributed by atoms with Crippen LogP contribution in [0.2, 0.25) is 5.02 Å². The van der Waals surface area contributed by atoms with Gasteiger partial charge in [-0.25, -0.2) is 0 Å². The van der Waals surface area contributed by atoms with Crippen molar-refractivity contribution >= 4 is 11.6 Å². The van der Waals surface area contributed by atoms with Crippen LogP contribution in [0.1, 0.15) is 31.9 Å². The van der Waals surface area contributed by atoms with Crippen LogP contribution in [-0.2, 0) is 17.7 Å². The number of aryl methyl sites for hydroxylation is 1. The summed E-state index contributed by atoms with van der Waals surface area (Å²) in [6.45, 7) is 10.8. The summed E-state index contributed by atoms with van der Waals surface area (Å²) in [5.74, 6) is 0. The first-order chi connectivity index (χ1) is 8.79. The van der Waals surface area contributed by atoms with E-state index in [4.69, 9.17) is 16.3 Å². The lowest BCUT2D eigenvalue weighted by Gasteiger charge is -2.26. The maximum atomic E-state index is 6.27. The van der Waals surface area contributed by atoms with E-state index in [9.17, 15) is 0 Å². The summed E-state index contributed by atoms with van der Waals surface area (Å²) in [7, 11) is 0. The van der Waals surface area contributed by atoms with Crippen LogP contribution in [0.5, 0.6) is 0 Å². The van der Waals surface area contributed by atoms with Crippen molar-refractivity contribution in [2.45, 2.75) is 33.7 Å². The predicted molar refractivity (Wildman–Crippen MR) is 78.3 cm³/mol. The molecule has 3 heteroatoms. The molecule has 0 aliphatic carbocycles. The molecule has 0 spiro atoms. The van der Waals surface area contributed by atoms with Gasteiger partial charge in [-0.3, -0.25) is 4.90 Å². The molecule has 0 atom stereocenters. The molecular weight excluding hydrogens is 246 g/mol. The predicted octanol–water partition coefficient (Wildman–Crippen LogP) is 3.76. The van der Waals surface area contributed by atoms with Crippen molar-refractivity contribution in [3.63, 3.8) is 0 Å². The Bertz CT molecular complexity index is 348. The molecule has 0 N–H and O–H groups in total. The molecule has 0 radical (unpaired) electrons. The zero-order valence-electron chi connectivity index (χ0n) is 11.7. The van der Waals surface area contributed by atoms with Gasteiger partial charge in [0.05, 0.1) is 13.2 Å². The van der Waals surface area contributed by atoms with Crippen LogP contribution >= 0.6 is 11.6 Å². The lowest BCUT2D eigenvalue weighted by Crippen LogP contribution is -2.35. The van der Waals surface area contributed by atoms with Crippen LogP contribution in [0.25, 0.3) is 0 Å². The first-order valence-corrected chi connectivity index (χ1v) is 7.25. The Kier molecular flexibility index (Phi) is 7.33. The molecule has 0 aromatic heterocycles. The van der Waals surface area contributed by atoms with E-state index >= 15 is 0 Å². The Morgan fingerprint density at radius 3 is 2.44 bits per heavy atom. The molecule has 0 unspecified atom stereocenters. The molecule has 1 aliphatic heterocycles.